The van der Waals surface area contributed by atoms with Gasteiger partial charge in [-0.2, -0.15) is 5.10 Å². The Kier molecular flexibility index (Phi) is 6.42. The van der Waals surface area contributed by atoms with Crippen molar-refractivity contribution < 1.29 is 8.42 Å². The third-order valence-corrected chi connectivity index (χ3v) is 3.95. The van der Waals surface area contributed by atoms with E-state index >= 15 is 0 Å². The predicted molar refractivity (Wildman–Crippen MR) is 68.9 cm³/mol. The molecule has 9 heteroatoms. The van der Waals surface area contributed by atoms with Gasteiger partial charge in [-0.05, 0) is 13.3 Å². The minimum absolute atomic E-state index is 0. The van der Waals surface area contributed by atoms with Crippen molar-refractivity contribution in [3.8, 4) is 0 Å². The van der Waals surface area contributed by atoms with Gasteiger partial charge < -0.3 is 5.73 Å². The van der Waals surface area contributed by atoms with Crippen LogP contribution in [-0.4, -0.2) is 30.8 Å². The molecule has 1 rings (SSSR count). The molecule has 0 bridgehead atoms. The number of aryl methyl sites for hydroxylation is 1. The SMILES string of the molecule is CC(N)CCNS(=O)(=O)c1c(Cl)cnn1C.Cl. The minimum atomic E-state index is -3.61. The highest BCUT2D eigenvalue weighted by atomic mass is 35.5. The highest BCUT2D eigenvalue weighted by molar-refractivity contribution is 7.89. The fourth-order valence-electron chi connectivity index (χ4n) is 1.19. The molecule has 1 unspecified atom stereocenters. The second kappa shape index (κ2) is 6.55. The normalized spacial score (nSPS) is 13.2. The van der Waals surface area contributed by atoms with E-state index in [2.05, 4.69) is 9.82 Å². The molecule has 3 N–H and O–H groups in total. The van der Waals surface area contributed by atoms with Crippen molar-refractivity contribution >= 4 is 34.0 Å². The Morgan fingerprint density at radius 2 is 2.24 bits per heavy atom. The van der Waals surface area contributed by atoms with Gasteiger partial charge in [-0.1, -0.05) is 11.6 Å². The van der Waals surface area contributed by atoms with E-state index in [1.165, 1.54) is 17.9 Å². The number of sulfonamides is 1. The van der Waals surface area contributed by atoms with Gasteiger partial charge in [0.25, 0.3) is 10.0 Å². The monoisotopic (exact) mass is 302 g/mol. The van der Waals surface area contributed by atoms with E-state index in [9.17, 15) is 8.42 Å². The molecule has 17 heavy (non-hydrogen) atoms. The Morgan fingerprint density at radius 3 is 2.65 bits per heavy atom. The summed E-state index contributed by atoms with van der Waals surface area (Å²) in [5.74, 6) is 0. The molecule has 0 saturated carbocycles. The first-order valence-electron chi connectivity index (χ1n) is 4.77. The highest BCUT2D eigenvalue weighted by Gasteiger charge is 2.21. The molecule has 1 atom stereocenters. The number of halogens is 2. The molecule has 0 aliphatic heterocycles. The Morgan fingerprint density at radius 1 is 1.65 bits per heavy atom. The second-order valence-electron chi connectivity index (χ2n) is 3.58. The van der Waals surface area contributed by atoms with Crippen LogP contribution >= 0.6 is 24.0 Å². The minimum Gasteiger partial charge on any atom is -0.328 e. The maximum Gasteiger partial charge on any atom is 0.259 e. The molecule has 0 aromatic carbocycles. The summed E-state index contributed by atoms with van der Waals surface area (Å²) >= 11 is 5.74. The van der Waals surface area contributed by atoms with Crippen molar-refractivity contribution in [1.29, 1.82) is 0 Å². The van der Waals surface area contributed by atoms with Gasteiger partial charge in [0.15, 0.2) is 5.03 Å². The van der Waals surface area contributed by atoms with Crippen molar-refractivity contribution in [3.63, 3.8) is 0 Å². The molecule has 1 heterocycles. The van der Waals surface area contributed by atoms with Crippen LogP contribution in [0.25, 0.3) is 0 Å². The van der Waals surface area contributed by atoms with E-state index in [1.807, 2.05) is 6.92 Å². The van der Waals surface area contributed by atoms with Crippen LogP contribution in [0.4, 0.5) is 0 Å². The van der Waals surface area contributed by atoms with E-state index in [-0.39, 0.29) is 35.0 Å². The second-order valence-corrected chi connectivity index (χ2v) is 5.67. The van der Waals surface area contributed by atoms with Crippen molar-refractivity contribution in [2.45, 2.75) is 24.4 Å². The predicted octanol–water partition coefficient (Wildman–Crippen LogP) is 0.511. The Bertz CT molecular complexity index is 439. The van der Waals surface area contributed by atoms with Crippen molar-refractivity contribution in [3.05, 3.63) is 11.2 Å². The summed E-state index contributed by atoms with van der Waals surface area (Å²) in [6, 6.07) is -0.0512. The number of aromatic nitrogens is 2. The quantitative estimate of drug-likeness (QED) is 0.829. The Hall–Kier alpha value is -0.340. The maximum atomic E-state index is 11.8. The Balaban J connectivity index is 0.00000256. The van der Waals surface area contributed by atoms with Crippen LogP contribution in [-0.2, 0) is 17.1 Å². The van der Waals surface area contributed by atoms with Gasteiger partial charge in [-0.3, -0.25) is 4.68 Å². The lowest BCUT2D eigenvalue weighted by atomic mass is 10.3. The standard InChI is InChI=1S/C8H15ClN4O2S.ClH/c1-6(10)3-4-12-16(14,15)8-7(9)5-11-13(8)2;/h5-6,12H,3-4,10H2,1-2H3;1H. The summed E-state index contributed by atoms with van der Waals surface area (Å²) in [5, 5.41) is 3.84. The van der Waals surface area contributed by atoms with E-state index in [1.54, 1.807) is 0 Å². The average Bonchev–Trinajstić information content (AvgIpc) is 2.45. The Labute approximate surface area is 112 Å². The first-order chi connectivity index (χ1) is 7.34. The van der Waals surface area contributed by atoms with E-state index in [0.29, 0.717) is 6.42 Å². The average molecular weight is 303 g/mol. The molecule has 0 spiro atoms. The first kappa shape index (κ1) is 16.7. The number of rotatable bonds is 5. The molecular weight excluding hydrogens is 287 g/mol. The number of hydrogen-bond donors (Lipinski definition) is 2. The molecule has 0 fully saturated rings. The van der Waals surface area contributed by atoms with Crippen LogP contribution < -0.4 is 10.5 Å². The number of hydrogen-bond acceptors (Lipinski definition) is 4. The van der Waals surface area contributed by atoms with Gasteiger partial charge in [-0.15, -0.1) is 12.4 Å². The summed E-state index contributed by atoms with van der Waals surface area (Å²) in [6.45, 7) is 2.09. The van der Waals surface area contributed by atoms with Gasteiger partial charge in [-0.25, -0.2) is 13.1 Å². The zero-order valence-electron chi connectivity index (χ0n) is 9.55. The highest BCUT2D eigenvalue weighted by Crippen LogP contribution is 2.19. The van der Waals surface area contributed by atoms with E-state index < -0.39 is 10.0 Å². The molecule has 0 amide bonds. The smallest absolute Gasteiger partial charge is 0.259 e. The van der Waals surface area contributed by atoms with E-state index in [0.717, 1.165) is 0 Å². The molecule has 0 aliphatic carbocycles. The third kappa shape index (κ3) is 4.44. The fraction of sp³-hybridized carbons (Fsp3) is 0.625. The van der Waals surface area contributed by atoms with Gasteiger partial charge >= 0.3 is 0 Å². The van der Waals surface area contributed by atoms with Gasteiger partial charge in [0.05, 0.1) is 11.2 Å². The van der Waals surface area contributed by atoms with Crippen LogP contribution in [0, 0.1) is 0 Å². The van der Waals surface area contributed by atoms with Gasteiger partial charge in [0.1, 0.15) is 0 Å². The summed E-state index contributed by atoms with van der Waals surface area (Å²) < 4.78 is 27.3. The molecule has 0 saturated heterocycles. The lowest BCUT2D eigenvalue weighted by molar-refractivity contribution is 0.555. The fourth-order valence-corrected chi connectivity index (χ4v) is 2.89. The first-order valence-corrected chi connectivity index (χ1v) is 6.63. The summed E-state index contributed by atoms with van der Waals surface area (Å²) in [6.07, 6.45) is 1.86. The lowest BCUT2D eigenvalue weighted by Crippen LogP contribution is -2.30. The number of nitrogens with two attached hydrogens (primary N) is 1. The van der Waals surface area contributed by atoms with E-state index in [4.69, 9.17) is 17.3 Å². The van der Waals surface area contributed by atoms with Crippen LogP contribution in [0.3, 0.4) is 0 Å². The van der Waals surface area contributed by atoms with Crippen LogP contribution in [0.2, 0.25) is 5.02 Å². The zero-order valence-corrected chi connectivity index (χ0v) is 11.9. The van der Waals surface area contributed by atoms with Crippen molar-refractivity contribution in [2.24, 2.45) is 12.8 Å². The van der Waals surface area contributed by atoms with Crippen molar-refractivity contribution in [1.82, 2.24) is 14.5 Å². The maximum absolute atomic E-state index is 11.8. The summed E-state index contributed by atoms with van der Waals surface area (Å²) in [5.41, 5.74) is 5.52. The molecular formula is C8H16Cl2N4O2S. The summed E-state index contributed by atoms with van der Waals surface area (Å²) in [4.78, 5) is 0. The molecule has 100 valence electrons. The lowest BCUT2D eigenvalue weighted by Gasteiger charge is -2.08. The number of nitrogens with one attached hydrogen (secondary N) is 1. The van der Waals surface area contributed by atoms with Crippen LogP contribution in [0.1, 0.15) is 13.3 Å². The molecule has 6 nitrogen and oxygen atoms in total. The topological polar surface area (TPSA) is 90.0 Å². The van der Waals surface area contributed by atoms with Gasteiger partial charge in [0.2, 0.25) is 0 Å². The molecule has 1 aromatic heterocycles. The largest absolute Gasteiger partial charge is 0.328 e. The third-order valence-electron chi connectivity index (χ3n) is 1.99. The molecule has 0 radical (unpaired) electrons. The van der Waals surface area contributed by atoms with Crippen LogP contribution in [0.5, 0.6) is 0 Å². The van der Waals surface area contributed by atoms with Crippen LogP contribution in [0.15, 0.2) is 11.2 Å². The van der Waals surface area contributed by atoms with Gasteiger partial charge in [0, 0.05) is 19.6 Å². The number of nitrogens with zero attached hydrogens (tertiary/aromatic N) is 2. The zero-order chi connectivity index (χ0) is 12.3. The molecule has 0 aliphatic rings. The van der Waals surface area contributed by atoms with Crippen molar-refractivity contribution in [2.75, 3.05) is 6.54 Å². The summed E-state index contributed by atoms with van der Waals surface area (Å²) in [7, 11) is -2.09. The molecule has 1 aromatic rings.